The van der Waals surface area contributed by atoms with Gasteiger partial charge in [0.15, 0.2) is 0 Å². The van der Waals surface area contributed by atoms with Gasteiger partial charge < -0.3 is 10.1 Å². The monoisotopic (exact) mass is 268 g/mol. The predicted octanol–water partition coefficient (Wildman–Crippen LogP) is 1.65. The fourth-order valence-electron chi connectivity index (χ4n) is 3.63. The molecule has 19 heavy (non-hydrogen) atoms. The fourth-order valence-corrected chi connectivity index (χ4v) is 3.63. The maximum atomic E-state index is 12.3. The number of ether oxygens (including phenoxy) is 1. The number of esters is 1. The molecular formula is C15H28N2O2. The number of methoxy groups -OCH3 is 1. The van der Waals surface area contributed by atoms with E-state index in [0.29, 0.717) is 17.9 Å². The summed E-state index contributed by atoms with van der Waals surface area (Å²) in [5.74, 6) is 0.999. The number of likely N-dealkylation sites (tertiary alicyclic amines) is 1. The molecule has 0 aromatic carbocycles. The van der Waals surface area contributed by atoms with E-state index in [1.165, 1.54) is 20.0 Å². The molecule has 4 nitrogen and oxygen atoms in total. The Morgan fingerprint density at radius 1 is 1.42 bits per heavy atom. The quantitative estimate of drug-likeness (QED) is 0.744. The summed E-state index contributed by atoms with van der Waals surface area (Å²) in [6.45, 7) is 6.46. The van der Waals surface area contributed by atoms with Gasteiger partial charge in [-0.25, -0.2) is 4.79 Å². The molecule has 2 unspecified atom stereocenters. The minimum Gasteiger partial charge on any atom is -0.468 e. The third kappa shape index (κ3) is 2.79. The summed E-state index contributed by atoms with van der Waals surface area (Å²) in [4.78, 5) is 14.8. The van der Waals surface area contributed by atoms with Crippen molar-refractivity contribution in [2.45, 2.75) is 51.1 Å². The van der Waals surface area contributed by atoms with Gasteiger partial charge in [-0.1, -0.05) is 13.8 Å². The van der Waals surface area contributed by atoms with Gasteiger partial charge in [-0.3, -0.25) is 4.90 Å². The van der Waals surface area contributed by atoms with Gasteiger partial charge in [-0.2, -0.15) is 0 Å². The van der Waals surface area contributed by atoms with E-state index in [2.05, 4.69) is 24.1 Å². The molecule has 0 bridgehead atoms. The Morgan fingerprint density at radius 3 is 2.58 bits per heavy atom. The number of hydrogen-bond acceptors (Lipinski definition) is 4. The lowest BCUT2D eigenvalue weighted by molar-refractivity contribution is -0.150. The molecule has 0 aromatic rings. The Labute approximate surface area is 116 Å². The van der Waals surface area contributed by atoms with Crippen LogP contribution in [0.25, 0.3) is 0 Å². The van der Waals surface area contributed by atoms with Gasteiger partial charge in [0, 0.05) is 12.6 Å². The van der Waals surface area contributed by atoms with Gasteiger partial charge in [0.25, 0.3) is 0 Å². The first-order valence-corrected chi connectivity index (χ1v) is 7.56. The molecule has 2 aliphatic rings. The van der Waals surface area contributed by atoms with E-state index in [9.17, 15) is 4.79 Å². The van der Waals surface area contributed by atoms with E-state index >= 15 is 0 Å². The van der Waals surface area contributed by atoms with E-state index in [0.717, 1.165) is 25.9 Å². The number of likely N-dealkylation sites (N-methyl/N-ethyl adjacent to an activating group) is 1. The minimum atomic E-state index is -0.494. The largest absolute Gasteiger partial charge is 0.468 e. The average Bonchev–Trinajstić information content (AvgIpc) is 3.14. The topological polar surface area (TPSA) is 41.6 Å². The third-order valence-corrected chi connectivity index (χ3v) is 4.91. The molecule has 0 aromatic heterocycles. The maximum Gasteiger partial charge on any atom is 0.327 e. The summed E-state index contributed by atoms with van der Waals surface area (Å²) in [6.07, 6.45) is 4.77. The highest BCUT2D eigenvalue weighted by Crippen LogP contribution is 2.42. The second-order valence-electron chi connectivity index (χ2n) is 6.41. The van der Waals surface area contributed by atoms with Gasteiger partial charge in [-0.15, -0.1) is 0 Å². The second kappa shape index (κ2) is 5.80. The molecule has 0 radical (unpaired) electrons. The van der Waals surface area contributed by atoms with Gasteiger partial charge in [0.2, 0.25) is 0 Å². The van der Waals surface area contributed by atoms with Crippen molar-refractivity contribution in [3.63, 3.8) is 0 Å². The first-order chi connectivity index (χ1) is 9.05. The highest BCUT2D eigenvalue weighted by atomic mass is 16.5. The average molecular weight is 268 g/mol. The lowest BCUT2D eigenvalue weighted by Gasteiger charge is -2.38. The van der Waals surface area contributed by atoms with Crippen LogP contribution in [-0.4, -0.2) is 49.7 Å². The molecule has 1 heterocycles. The normalized spacial score (nSPS) is 27.5. The Bertz CT molecular complexity index is 328. The van der Waals surface area contributed by atoms with Crippen molar-refractivity contribution in [2.24, 2.45) is 11.8 Å². The molecule has 1 aliphatic carbocycles. The molecule has 4 heteroatoms. The zero-order valence-corrected chi connectivity index (χ0v) is 12.7. The molecule has 1 saturated heterocycles. The fraction of sp³-hybridized carbons (Fsp3) is 0.933. The molecule has 1 N–H and O–H groups in total. The van der Waals surface area contributed by atoms with Crippen LogP contribution >= 0.6 is 0 Å². The van der Waals surface area contributed by atoms with Crippen LogP contribution in [0.15, 0.2) is 0 Å². The summed E-state index contributed by atoms with van der Waals surface area (Å²) in [7, 11) is 3.40. The number of carbonyl (C=O) groups excluding carboxylic acids is 1. The van der Waals surface area contributed by atoms with E-state index in [4.69, 9.17) is 4.74 Å². The van der Waals surface area contributed by atoms with E-state index in [1.54, 1.807) is 0 Å². The first-order valence-electron chi connectivity index (χ1n) is 7.56. The van der Waals surface area contributed by atoms with Gasteiger partial charge in [-0.05, 0) is 51.1 Å². The smallest absolute Gasteiger partial charge is 0.327 e. The number of nitrogens with one attached hydrogen (secondary N) is 1. The van der Waals surface area contributed by atoms with Crippen LogP contribution < -0.4 is 5.32 Å². The third-order valence-electron chi connectivity index (χ3n) is 4.91. The van der Waals surface area contributed by atoms with Crippen LogP contribution in [0.1, 0.15) is 39.5 Å². The predicted molar refractivity (Wildman–Crippen MR) is 76.0 cm³/mol. The molecule has 1 saturated carbocycles. The molecule has 2 fully saturated rings. The van der Waals surface area contributed by atoms with Crippen LogP contribution in [0.2, 0.25) is 0 Å². The molecule has 2 rings (SSSR count). The summed E-state index contributed by atoms with van der Waals surface area (Å²) < 4.78 is 5.09. The molecule has 0 amide bonds. The van der Waals surface area contributed by atoms with Crippen molar-refractivity contribution < 1.29 is 9.53 Å². The van der Waals surface area contributed by atoms with Gasteiger partial charge in [0.05, 0.1) is 7.11 Å². The molecule has 1 aliphatic heterocycles. The van der Waals surface area contributed by atoms with Gasteiger partial charge in [0.1, 0.15) is 5.54 Å². The highest BCUT2D eigenvalue weighted by Gasteiger charge is 2.52. The van der Waals surface area contributed by atoms with E-state index in [1.807, 2.05) is 7.05 Å². The number of hydrogen-bond donors (Lipinski definition) is 1. The van der Waals surface area contributed by atoms with Crippen LogP contribution in [0.5, 0.6) is 0 Å². The molecule has 2 atom stereocenters. The van der Waals surface area contributed by atoms with Crippen LogP contribution in [0.4, 0.5) is 0 Å². The molecular weight excluding hydrogens is 240 g/mol. The summed E-state index contributed by atoms with van der Waals surface area (Å²) in [5, 5.41) is 3.30. The van der Waals surface area contributed by atoms with Crippen molar-refractivity contribution >= 4 is 5.97 Å². The molecule has 110 valence electrons. The van der Waals surface area contributed by atoms with Crippen molar-refractivity contribution in [1.29, 1.82) is 0 Å². The zero-order valence-electron chi connectivity index (χ0n) is 12.7. The number of carbonyl (C=O) groups is 1. The molecule has 0 spiro atoms. The summed E-state index contributed by atoms with van der Waals surface area (Å²) in [5.41, 5.74) is -0.494. The number of nitrogens with zero attached hydrogens (tertiary/aromatic N) is 1. The Kier molecular flexibility index (Phi) is 4.51. The summed E-state index contributed by atoms with van der Waals surface area (Å²) >= 11 is 0. The lowest BCUT2D eigenvalue weighted by Crippen LogP contribution is -2.61. The van der Waals surface area contributed by atoms with Crippen molar-refractivity contribution in [2.75, 3.05) is 27.2 Å². The van der Waals surface area contributed by atoms with E-state index in [-0.39, 0.29) is 5.97 Å². The zero-order chi connectivity index (χ0) is 14.0. The second-order valence-corrected chi connectivity index (χ2v) is 6.41. The lowest BCUT2D eigenvalue weighted by atomic mass is 9.91. The van der Waals surface area contributed by atoms with Crippen molar-refractivity contribution in [3.05, 3.63) is 0 Å². The van der Waals surface area contributed by atoms with Crippen LogP contribution in [0.3, 0.4) is 0 Å². The van der Waals surface area contributed by atoms with Crippen LogP contribution in [-0.2, 0) is 9.53 Å². The highest BCUT2D eigenvalue weighted by molar-refractivity contribution is 5.82. The Morgan fingerprint density at radius 2 is 2.11 bits per heavy atom. The summed E-state index contributed by atoms with van der Waals surface area (Å²) in [6, 6.07) is 0.608. The van der Waals surface area contributed by atoms with Crippen molar-refractivity contribution in [3.8, 4) is 0 Å². The Hall–Kier alpha value is -0.610. The Balaban J connectivity index is 2.13. The first kappa shape index (κ1) is 14.8. The SMILES string of the molecule is CNC(CN1CCCC1C(C)C)(C(=O)OC)C1CC1. The number of rotatable bonds is 6. The van der Waals surface area contributed by atoms with Gasteiger partial charge >= 0.3 is 5.97 Å². The van der Waals surface area contributed by atoms with Crippen LogP contribution in [0, 0.1) is 11.8 Å². The maximum absolute atomic E-state index is 12.3. The van der Waals surface area contributed by atoms with Crippen molar-refractivity contribution in [1.82, 2.24) is 10.2 Å². The minimum absolute atomic E-state index is 0.0908. The van der Waals surface area contributed by atoms with E-state index < -0.39 is 5.54 Å². The standard InChI is InChI=1S/C15H28N2O2/c1-11(2)13-6-5-9-17(13)10-15(16-3,12-7-8-12)14(18)19-4/h11-13,16H,5-10H2,1-4H3.